The lowest BCUT2D eigenvalue weighted by atomic mass is 10.0. The Morgan fingerprint density at radius 3 is 2.38 bits per heavy atom. The number of amides is 1. The van der Waals surface area contributed by atoms with Crippen LogP contribution in [0.4, 0.5) is 0 Å². The van der Waals surface area contributed by atoms with Gasteiger partial charge in [-0.05, 0) is 38.2 Å². The molecule has 7 heteroatoms. The Hall–Kier alpha value is -2.12. The lowest BCUT2D eigenvalue weighted by molar-refractivity contribution is 0.0902. The molecule has 6 nitrogen and oxygen atoms in total. The van der Waals surface area contributed by atoms with Gasteiger partial charge in [-0.3, -0.25) is 4.79 Å². The highest BCUT2D eigenvalue weighted by atomic mass is 32.2. The Kier molecular flexibility index (Phi) is 4.23. The van der Waals surface area contributed by atoms with Crippen LogP contribution in [0.25, 0.3) is 0 Å². The summed E-state index contributed by atoms with van der Waals surface area (Å²) in [7, 11) is -3.91. The summed E-state index contributed by atoms with van der Waals surface area (Å²) in [6.45, 7) is 3.48. The highest BCUT2D eigenvalue weighted by Gasteiger charge is 2.34. The van der Waals surface area contributed by atoms with Crippen molar-refractivity contribution < 1.29 is 17.6 Å². The van der Waals surface area contributed by atoms with Gasteiger partial charge in [-0.1, -0.05) is 29.8 Å². The van der Waals surface area contributed by atoms with Gasteiger partial charge in [-0.15, -0.1) is 0 Å². The first-order valence-corrected chi connectivity index (χ1v) is 9.31. The van der Waals surface area contributed by atoms with Crippen molar-refractivity contribution in [1.82, 2.24) is 5.32 Å². The standard InChI is InChI=1S/C17H20N2O4S/c1-10-3-5-12(6-4-10)16(13-7-8-13)19-17(20)14-9-15(11(2)23-14)24(18,21)22/h3-6,9,13,16H,7-8H2,1-2H3,(H,19,20)(H2,18,21,22)/t16-/m1/s1. The van der Waals surface area contributed by atoms with Crippen molar-refractivity contribution in [3.05, 3.63) is 53.0 Å². The SMILES string of the molecule is Cc1ccc([C@@H](NC(=O)c2cc(S(N)(=O)=O)c(C)o2)C2CC2)cc1. The van der Waals surface area contributed by atoms with E-state index in [2.05, 4.69) is 5.32 Å². The van der Waals surface area contributed by atoms with Crippen LogP contribution < -0.4 is 10.5 Å². The maximum atomic E-state index is 12.5. The number of sulfonamides is 1. The molecule has 3 rings (SSSR count). The van der Waals surface area contributed by atoms with Crippen molar-refractivity contribution in [1.29, 1.82) is 0 Å². The van der Waals surface area contributed by atoms with Crippen LogP contribution in [0, 0.1) is 19.8 Å². The molecular weight excluding hydrogens is 328 g/mol. The van der Waals surface area contributed by atoms with Gasteiger partial charge in [0, 0.05) is 6.07 Å². The first-order valence-electron chi connectivity index (χ1n) is 7.76. The van der Waals surface area contributed by atoms with Gasteiger partial charge < -0.3 is 9.73 Å². The second-order valence-corrected chi connectivity index (χ2v) is 7.81. The number of nitrogens with two attached hydrogens (primary N) is 1. The third-order valence-electron chi connectivity index (χ3n) is 4.22. The maximum absolute atomic E-state index is 12.5. The molecule has 0 radical (unpaired) electrons. The van der Waals surface area contributed by atoms with E-state index in [1.807, 2.05) is 31.2 Å². The van der Waals surface area contributed by atoms with E-state index in [0.717, 1.165) is 24.0 Å². The minimum absolute atomic E-state index is 0.0470. The molecule has 1 aromatic carbocycles. The summed E-state index contributed by atoms with van der Waals surface area (Å²) in [6.07, 6.45) is 2.11. The molecule has 0 unspecified atom stereocenters. The van der Waals surface area contributed by atoms with E-state index >= 15 is 0 Å². The van der Waals surface area contributed by atoms with Crippen molar-refractivity contribution in [2.45, 2.75) is 37.6 Å². The summed E-state index contributed by atoms with van der Waals surface area (Å²) in [5.74, 6) is 0.0196. The van der Waals surface area contributed by atoms with Gasteiger partial charge in [0.25, 0.3) is 5.91 Å². The Morgan fingerprint density at radius 1 is 1.25 bits per heavy atom. The molecule has 1 heterocycles. The van der Waals surface area contributed by atoms with E-state index in [1.54, 1.807) is 0 Å². The van der Waals surface area contributed by atoms with Crippen LogP contribution in [-0.4, -0.2) is 14.3 Å². The molecule has 1 atom stereocenters. The Labute approximate surface area is 141 Å². The molecular formula is C17H20N2O4S. The maximum Gasteiger partial charge on any atom is 0.287 e. The molecule has 1 aliphatic carbocycles. The summed E-state index contributed by atoms with van der Waals surface area (Å²) in [4.78, 5) is 12.3. The van der Waals surface area contributed by atoms with Gasteiger partial charge in [0.2, 0.25) is 10.0 Å². The quantitative estimate of drug-likeness (QED) is 0.866. The largest absolute Gasteiger partial charge is 0.455 e. The monoisotopic (exact) mass is 348 g/mol. The van der Waals surface area contributed by atoms with Gasteiger partial charge >= 0.3 is 0 Å². The van der Waals surface area contributed by atoms with Crippen LogP contribution in [0.2, 0.25) is 0 Å². The number of carbonyl (C=O) groups is 1. The molecule has 128 valence electrons. The molecule has 1 aliphatic rings. The summed E-state index contributed by atoms with van der Waals surface area (Å²) < 4.78 is 28.2. The first-order chi connectivity index (χ1) is 11.3. The van der Waals surface area contributed by atoms with Crippen LogP contribution in [0.5, 0.6) is 0 Å². The number of rotatable bonds is 5. The van der Waals surface area contributed by atoms with Gasteiger partial charge in [-0.2, -0.15) is 0 Å². The molecule has 1 amide bonds. The number of nitrogens with one attached hydrogen (secondary N) is 1. The Bertz CT molecular complexity index is 864. The lowest BCUT2D eigenvalue weighted by Crippen LogP contribution is -2.29. The van der Waals surface area contributed by atoms with E-state index in [-0.39, 0.29) is 22.5 Å². The van der Waals surface area contributed by atoms with Crippen molar-refractivity contribution in [2.24, 2.45) is 11.1 Å². The normalized spacial score (nSPS) is 16.0. The van der Waals surface area contributed by atoms with Crippen molar-refractivity contribution >= 4 is 15.9 Å². The number of carbonyl (C=O) groups excluding carboxylic acids is 1. The van der Waals surface area contributed by atoms with Crippen LogP contribution in [0.15, 0.2) is 39.6 Å². The molecule has 3 N–H and O–H groups in total. The zero-order chi connectivity index (χ0) is 17.5. The molecule has 1 fully saturated rings. The van der Waals surface area contributed by atoms with Gasteiger partial charge in [0.05, 0.1) is 6.04 Å². The highest BCUT2D eigenvalue weighted by molar-refractivity contribution is 7.89. The first kappa shape index (κ1) is 16.7. The van der Waals surface area contributed by atoms with E-state index < -0.39 is 15.9 Å². The Balaban J connectivity index is 1.83. The fourth-order valence-corrected chi connectivity index (χ4v) is 3.46. The minimum atomic E-state index is -3.91. The molecule has 2 aromatic rings. The summed E-state index contributed by atoms with van der Waals surface area (Å²) in [6, 6.07) is 9.09. The highest BCUT2D eigenvalue weighted by Crippen LogP contribution is 2.41. The van der Waals surface area contributed by atoms with E-state index in [1.165, 1.54) is 13.0 Å². The fraction of sp³-hybridized carbons (Fsp3) is 0.353. The van der Waals surface area contributed by atoms with E-state index in [4.69, 9.17) is 9.56 Å². The number of hydrogen-bond donors (Lipinski definition) is 2. The molecule has 0 bridgehead atoms. The molecule has 0 spiro atoms. The van der Waals surface area contributed by atoms with E-state index in [0.29, 0.717) is 5.92 Å². The van der Waals surface area contributed by atoms with E-state index in [9.17, 15) is 13.2 Å². The average molecular weight is 348 g/mol. The number of hydrogen-bond acceptors (Lipinski definition) is 4. The second kappa shape index (κ2) is 6.07. The predicted molar refractivity (Wildman–Crippen MR) is 88.9 cm³/mol. The van der Waals surface area contributed by atoms with Gasteiger partial charge in [-0.25, -0.2) is 13.6 Å². The molecule has 1 saturated carbocycles. The van der Waals surface area contributed by atoms with Crippen molar-refractivity contribution in [2.75, 3.05) is 0 Å². The average Bonchev–Trinajstić information content (AvgIpc) is 3.26. The predicted octanol–water partition coefficient (Wildman–Crippen LogP) is 2.42. The van der Waals surface area contributed by atoms with Crippen molar-refractivity contribution in [3.63, 3.8) is 0 Å². The number of benzene rings is 1. The summed E-state index contributed by atoms with van der Waals surface area (Å²) in [5.41, 5.74) is 2.19. The minimum Gasteiger partial charge on any atom is -0.455 e. The van der Waals surface area contributed by atoms with Crippen LogP contribution in [0.1, 0.15) is 46.3 Å². The second-order valence-electron chi connectivity index (χ2n) is 6.28. The molecule has 24 heavy (non-hydrogen) atoms. The smallest absolute Gasteiger partial charge is 0.287 e. The fourth-order valence-electron chi connectivity index (χ4n) is 2.75. The van der Waals surface area contributed by atoms with Crippen molar-refractivity contribution in [3.8, 4) is 0 Å². The number of aryl methyl sites for hydroxylation is 2. The lowest BCUT2D eigenvalue weighted by Gasteiger charge is -2.18. The third-order valence-corrected chi connectivity index (χ3v) is 5.24. The topological polar surface area (TPSA) is 102 Å². The molecule has 1 aromatic heterocycles. The zero-order valence-electron chi connectivity index (χ0n) is 13.6. The summed E-state index contributed by atoms with van der Waals surface area (Å²) in [5, 5.41) is 8.07. The van der Waals surface area contributed by atoms with Gasteiger partial charge in [0.15, 0.2) is 5.76 Å². The Morgan fingerprint density at radius 2 is 1.88 bits per heavy atom. The van der Waals surface area contributed by atoms with Crippen LogP contribution >= 0.6 is 0 Å². The number of primary sulfonamides is 1. The molecule has 0 aliphatic heterocycles. The zero-order valence-corrected chi connectivity index (χ0v) is 14.4. The van der Waals surface area contributed by atoms with Crippen LogP contribution in [-0.2, 0) is 10.0 Å². The van der Waals surface area contributed by atoms with Gasteiger partial charge in [0.1, 0.15) is 10.7 Å². The third kappa shape index (κ3) is 3.52. The number of furan rings is 1. The molecule has 0 saturated heterocycles. The van der Waals surface area contributed by atoms with Crippen LogP contribution in [0.3, 0.4) is 0 Å². The summed E-state index contributed by atoms with van der Waals surface area (Å²) >= 11 is 0.